The highest BCUT2D eigenvalue weighted by Crippen LogP contribution is 2.60. The van der Waals surface area contributed by atoms with Gasteiger partial charge in [-0.2, -0.15) is 0 Å². The first kappa shape index (κ1) is 22.3. The van der Waals surface area contributed by atoms with E-state index in [-0.39, 0.29) is 17.7 Å². The Labute approximate surface area is 186 Å². The molecule has 170 valence electrons. The lowest BCUT2D eigenvalue weighted by atomic mass is 9.48. The maximum Gasteiger partial charge on any atom is 0.251 e. The van der Waals surface area contributed by atoms with Crippen LogP contribution in [-0.4, -0.2) is 38.1 Å². The maximum atomic E-state index is 12.9. The molecular formula is C26H38N2O3. The van der Waals surface area contributed by atoms with E-state index in [0.717, 1.165) is 24.2 Å². The minimum atomic E-state index is -0.544. The molecule has 0 saturated heterocycles. The van der Waals surface area contributed by atoms with Crippen molar-refractivity contribution in [3.63, 3.8) is 0 Å². The lowest BCUT2D eigenvalue weighted by Gasteiger charge is -2.57. The molecule has 1 aromatic rings. The molecule has 0 spiro atoms. The SMILES string of the molecule is COCCCNC(=O)[C@@H](NC(=O)c1ccc(C23CC4CC(CC(C4)C2)C3)cc1)C(C)C. The number of ether oxygens (including phenoxy) is 1. The molecule has 0 aliphatic heterocycles. The van der Waals surface area contributed by atoms with Gasteiger partial charge in [-0.05, 0) is 91.7 Å². The van der Waals surface area contributed by atoms with Gasteiger partial charge in [0.1, 0.15) is 6.04 Å². The van der Waals surface area contributed by atoms with Gasteiger partial charge in [0, 0.05) is 25.8 Å². The molecular weight excluding hydrogens is 388 g/mol. The molecule has 5 rings (SSSR count). The second kappa shape index (κ2) is 9.32. The molecule has 1 aromatic carbocycles. The summed E-state index contributed by atoms with van der Waals surface area (Å²) in [4.78, 5) is 25.5. The molecule has 4 aliphatic rings. The Bertz CT molecular complexity index is 751. The quantitative estimate of drug-likeness (QED) is 0.585. The van der Waals surface area contributed by atoms with Crippen LogP contribution in [0.4, 0.5) is 0 Å². The third-order valence-electron chi connectivity index (χ3n) is 7.86. The lowest BCUT2D eigenvalue weighted by Crippen LogP contribution is -2.50. The lowest BCUT2D eigenvalue weighted by molar-refractivity contribution is -0.123. The van der Waals surface area contributed by atoms with E-state index >= 15 is 0 Å². The molecule has 1 atom stereocenters. The minimum Gasteiger partial charge on any atom is -0.385 e. The molecule has 4 bridgehead atoms. The van der Waals surface area contributed by atoms with E-state index in [1.165, 1.54) is 44.1 Å². The van der Waals surface area contributed by atoms with E-state index in [2.05, 4.69) is 22.8 Å². The van der Waals surface area contributed by atoms with Gasteiger partial charge in [0.15, 0.2) is 0 Å². The topological polar surface area (TPSA) is 67.4 Å². The number of nitrogens with one attached hydrogen (secondary N) is 2. The molecule has 2 N–H and O–H groups in total. The van der Waals surface area contributed by atoms with Crippen LogP contribution in [0.5, 0.6) is 0 Å². The van der Waals surface area contributed by atoms with E-state index in [4.69, 9.17) is 4.74 Å². The summed E-state index contributed by atoms with van der Waals surface area (Å²) in [6.07, 6.45) is 9.03. The number of benzene rings is 1. The molecule has 4 aliphatic carbocycles. The summed E-state index contributed by atoms with van der Waals surface area (Å²) in [5.41, 5.74) is 2.39. The molecule has 31 heavy (non-hydrogen) atoms. The number of amides is 2. The van der Waals surface area contributed by atoms with Gasteiger partial charge in [-0.1, -0.05) is 26.0 Å². The predicted octanol–water partition coefficient (Wildman–Crippen LogP) is 4.06. The molecule has 4 fully saturated rings. The van der Waals surface area contributed by atoms with Gasteiger partial charge in [0.25, 0.3) is 5.91 Å². The average molecular weight is 427 g/mol. The van der Waals surface area contributed by atoms with Gasteiger partial charge in [-0.15, -0.1) is 0 Å². The van der Waals surface area contributed by atoms with Gasteiger partial charge in [-0.25, -0.2) is 0 Å². The largest absolute Gasteiger partial charge is 0.385 e. The fraction of sp³-hybridized carbons (Fsp3) is 0.692. The molecule has 0 radical (unpaired) electrons. The van der Waals surface area contributed by atoms with Crippen molar-refractivity contribution in [2.45, 2.75) is 70.3 Å². The van der Waals surface area contributed by atoms with Crippen molar-refractivity contribution in [1.82, 2.24) is 10.6 Å². The number of carbonyl (C=O) groups is 2. The number of hydrogen-bond acceptors (Lipinski definition) is 3. The molecule has 0 unspecified atom stereocenters. The van der Waals surface area contributed by atoms with Crippen LogP contribution in [0.25, 0.3) is 0 Å². The van der Waals surface area contributed by atoms with Crippen LogP contribution in [-0.2, 0) is 14.9 Å². The van der Waals surface area contributed by atoms with Crippen molar-refractivity contribution in [3.8, 4) is 0 Å². The van der Waals surface area contributed by atoms with Gasteiger partial charge in [0.05, 0.1) is 0 Å². The van der Waals surface area contributed by atoms with Crippen LogP contribution in [0, 0.1) is 23.7 Å². The Kier molecular flexibility index (Phi) is 6.71. The van der Waals surface area contributed by atoms with Gasteiger partial charge >= 0.3 is 0 Å². The van der Waals surface area contributed by atoms with Crippen molar-refractivity contribution in [3.05, 3.63) is 35.4 Å². The summed E-state index contributed by atoms with van der Waals surface area (Å²) >= 11 is 0. The van der Waals surface area contributed by atoms with Crippen LogP contribution < -0.4 is 10.6 Å². The Morgan fingerprint density at radius 3 is 2.13 bits per heavy atom. The van der Waals surface area contributed by atoms with Crippen molar-refractivity contribution < 1.29 is 14.3 Å². The first-order valence-corrected chi connectivity index (χ1v) is 12.1. The zero-order chi connectivity index (χ0) is 22.0. The molecule has 2 amide bonds. The highest BCUT2D eigenvalue weighted by atomic mass is 16.5. The molecule has 0 heterocycles. The van der Waals surface area contributed by atoms with E-state index in [9.17, 15) is 9.59 Å². The molecule has 0 aromatic heterocycles. The van der Waals surface area contributed by atoms with E-state index < -0.39 is 6.04 Å². The Hall–Kier alpha value is -1.88. The molecule has 5 nitrogen and oxygen atoms in total. The summed E-state index contributed by atoms with van der Waals surface area (Å²) in [7, 11) is 1.65. The van der Waals surface area contributed by atoms with Crippen LogP contribution in [0.2, 0.25) is 0 Å². The highest BCUT2D eigenvalue weighted by Gasteiger charge is 2.51. The number of carbonyl (C=O) groups excluding carboxylic acids is 2. The van der Waals surface area contributed by atoms with Crippen molar-refractivity contribution >= 4 is 11.8 Å². The van der Waals surface area contributed by atoms with Crippen LogP contribution in [0.1, 0.15) is 74.7 Å². The van der Waals surface area contributed by atoms with Crippen LogP contribution in [0.15, 0.2) is 24.3 Å². The highest BCUT2D eigenvalue weighted by molar-refractivity contribution is 5.97. The zero-order valence-electron chi connectivity index (χ0n) is 19.3. The monoisotopic (exact) mass is 426 g/mol. The maximum absolute atomic E-state index is 12.9. The number of methoxy groups -OCH3 is 1. The van der Waals surface area contributed by atoms with Crippen LogP contribution in [0.3, 0.4) is 0 Å². The predicted molar refractivity (Wildman–Crippen MR) is 122 cm³/mol. The van der Waals surface area contributed by atoms with Crippen molar-refractivity contribution in [2.24, 2.45) is 23.7 Å². The second-order valence-corrected chi connectivity index (χ2v) is 10.6. The first-order valence-electron chi connectivity index (χ1n) is 12.1. The summed E-state index contributed by atoms with van der Waals surface area (Å²) < 4.78 is 5.02. The zero-order valence-corrected chi connectivity index (χ0v) is 19.3. The van der Waals surface area contributed by atoms with E-state index in [1.54, 1.807) is 7.11 Å². The Balaban J connectivity index is 1.39. The normalized spacial score (nSPS) is 29.7. The third-order valence-corrected chi connectivity index (χ3v) is 7.86. The van der Waals surface area contributed by atoms with Gasteiger partial charge < -0.3 is 15.4 Å². The van der Waals surface area contributed by atoms with Gasteiger partial charge in [0.2, 0.25) is 5.91 Å². The van der Waals surface area contributed by atoms with Crippen LogP contribution >= 0.6 is 0 Å². The van der Waals surface area contributed by atoms with Crippen molar-refractivity contribution in [2.75, 3.05) is 20.3 Å². The summed E-state index contributed by atoms with van der Waals surface area (Å²) in [6.45, 7) is 5.06. The number of hydrogen-bond donors (Lipinski definition) is 2. The first-order chi connectivity index (χ1) is 14.9. The smallest absolute Gasteiger partial charge is 0.251 e. The minimum absolute atomic E-state index is 0.0117. The Morgan fingerprint density at radius 1 is 1.03 bits per heavy atom. The van der Waals surface area contributed by atoms with E-state index in [1.807, 2.05) is 26.0 Å². The fourth-order valence-electron chi connectivity index (χ4n) is 6.74. The Morgan fingerprint density at radius 2 is 1.61 bits per heavy atom. The number of rotatable bonds is 9. The second-order valence-electron chi connectivity index (χ2n) is 10.6. The molecule has 4 saturated carbocycles. The molecule has 5 heteroatoms. The average Bonchev–Trinajstić information content (AvgIpc) is 2.73. The van der Waals surface area contributed by atoms with E-state index in [0.29, 0.717) is 24.1 Å². The fourth-order valence-corrected chi connectivity index (χ4v) is 6.74. The summed E-state index contributed by atoms with van der Waals surface area (Å²) in [5, 5.41) is 5.85. The van der Waals surface area contributed by atoms with Crippen molar-refractivity contribution in [1.29, 1.82) is 0 Å². The van der Waals surface area contributed by atoms with Gasteiger partial charge in [-0.3, -0.25) is 9.59 Å². The summed E-state index contributed by atoms with van der Waals surface area (Å²) in [5.74, 6) is 2.42. The standard InChI is InChI=1S/C26H38N2O3/c1-17(2)23(25(30)27-9-4-10-31-3)28-24(29)21-5-7-22(8-6-21)26-14-18-11-19(15-26)13-20(12-18)16-26/h5-8,17-20,23H,4,9-16H2,1-3H3,(H,27,30)(H,28,29)/t18?,19?,20?,23-,26?/m0/s1. The summed E-state index contributed by atoms with van der Waals surface area (Å²) in [6, 6.07) is 7.72. The third kappa shape index (κ3) is 4.82.